The summed E-state index contributed by atoms with van der Waals surface area (Å²) in [6, 6.07) is 4.15. The first-order valence-corrected chi connectivity index (χ1v) is 8.72. The van der Waals surface area contributed by atoms with Gasteiger partial charge in [-0.1, -0.05) is 0 Å². The zero-order valence-electron chi connectivity index (χ0n) is 14.9. The van der Waals surface area contributed by atoms with E-state index in [1.165, 1.54) is 12.8 Å². The molecule has 0 N–H and O–H groups in total. The standard InChI is InChI=1S/C18H23N5O2/c1-12-16(20-18(25-12)17-7-5-9-24-17)11-22-8-4-6-15(22)10-23-14(3)19-13(2)21-23/h5,7,9,15H,4,6,8,10-11H2,1-3H3. The molecule has 7 nitrogen and oxygen atoms in total. The van der Waals surface area contributed by atoms with E-state index in [0.29, 0.717) is 17.7 Å². The van der Waals surface area contributed by atoms with Crippen molar-refractivity contribution in [3.8, 4) is 11.7 Å². The second kappa shape index (κ2) is 6.48. The van der Waals surface area contributed by atoms with Crippen LogP contribution in [0.25, 0.3) is 11.7 Å². The molecule has 132 valence electrons. The summed E-state index contributed by atoms with van der Waals surface area (Å²) >= 11 is 0. The quantitative estimate of drug-likeness (QED) is 0.710. The first-order chi connectivity index (χ1) is 12.1. The van der Waals surface area contributed by atoms with E-state index in [1.807, 2.05) is 37.6 Å². The van der Waals surface area contributed by atoms with Gasteiger partial charge in [-0.3, -0.25) is 4.90 Å². The van der Waals surface area contributed by atoms with E-state index in [4.69, 9.17) is 8.83 Å². The summed E-state index contributed by atoms with van der Waals surface area (Å²) in [5.41, 5.74) is 0.977. The van der Waals surface area contributed by atoms with Gasteiger partial charge in [0.15, 0.2) is 5.76 Å². The molecule has 25 heavy (non-hydrogen) atoms. The minimum Gasteiger partial charge on any atom is -0.459 e. The minimum atomic E-state index is 0.447. The number of aryl methyl sites for hydroxylation is 3. The van der Waals surface area contributed by atoms with Gasteiger partial charge in [0.2, 0.25) is 0 Å². The Kier molecular flexibility index (Phi) is 4.17. The summed E-state index contributed by atoms with van der Waals surface area (Å²) in [5.74, 6) is 3.88. The number of likely N-dealkylation sites (tertiary alicyclic amines) is 1. The van der Waals surface area contributed by atoms with Crippen molar-refractivity contribution in [1.29, 1.82) is 0 Å². The smallest absolute Gasteiger partial charge is 0.263 e. The summed E-state index contributed by atoms with van der Waals surface area (Å²) in [5, 5.41) is 4.50. The third kappa shape index (κ3) is 3.24. The molecule has 3 aromatic rings. The number of hydrogen-bond donors (Lipinski definition) is 0. The van der Waals surface area contributed by atoms with E-state index < -0.39 is 0 Å². The summed E-state index contributed by atoms with van der Waals surface area (Å²) in [7, 11) is 0. The van der Waals surface area contributed by atoms with Crippen LogP contribution in [0.2, 0.25) is 0 Å². The highest BCUT2D eigenvalue weighted by molar-refractivity contribution is 5.44. The number of rotatable bonds is 5. The highest BCUT2D eigenvalue weighted by Gasteiger charge is 2.27. The molecule has 0 aliphatic carbocycles. The van der Waals surface area contributed by atoms with Gasteiger partial charge in [-0.15, -0.1) is 0 Å². The minimum absolute atomic E-state index is 0.447. The van der Waals surface area contributed by atoms with E-state index in [0.717, 1.165) is 42.7 Å². The van der Waals surface area contributed by atoms with Crippen LogP contribution >= 0.6 is 0 Å². The van der Waals surface area contributed by atoms with E-state index in [2.05, 4.69) is 20.0 Å². The first-order valence-electron chi connectivity index (χ1n) is 8.72. The third-order valence-corrected chi connectivity index (χ3v) is 4.82. The maximum atomic E-state index is 5.79. The number of aromatic nitrogens is 4. The molecule has 0 spiro atoms. The van der Waals surface area contributed by atoms with Crippen LogP contribution in [0, 0.1) is 20.8 Å². The lowest BCUT2D eigenvalue weighted by Gasteiger charge is -2.23. The normalized spacial score (nSPS) is 18.3. The molecule has 0 aromatic carbocycles. The Morgan fingerprint density at radius 2 is 2.12 bits per heavy atom. The highest BCUT2D eigenvalue weighted by Crippen LogP contribution is 2.26. The van der Waals surface area contributed by atoms with Crippen LogP contribution in [0.15, 0.2) is 27.2 Å². The molecule has 4 rings (SSSR count). The van der Waals surface area contributed by atoms with Crippen LogP contribution in [0.3, 0.4) is 0 Å². The average Bonchev–Trinajstić information content (AvgIpc) is 3.32. The molecule has 0 bridgehead atoms. The van der Waals surface area contributed by atoms with E-state index in [9.17, 15) is 0 Å². The maximum absolute atomic E-state index is 5.79. The van der Waals surface area contributed by atoms with Gasteiger partial charge in [0.05, 0.1) is 18.5 Å². The van der Waals surface area contributed by atoms with Crippen molar-refractivity contribution in [3.05, 3.63) is 41.5 Å². The fourth-order valence-corrected chi connectivity index (χ4v) is 3.52. The molecule has 1 unspecified atom stereocenters. The topological polar surface area (TPSA) is 73.1 Å². The largest absolute Gasteiger partial charge is 0.459 e. The molecular weight excluding hydrogens is 318 g/mol. The lowest BCUT2D eigenvalue weighted by Crippen LogP contribution is -2.33. The van der Waals surface area contributed by atoms with E-state index in [-0.39, 0.29) is 0 Å². The van der Waals surface area contributed by atoms with Crippen LogP contribution in [0.5, 0.6) is 0 Å². The van der Waals surface area contributed by atoms with Crippen LogP contribution in [0.4, 0.5) is 0 Å². The first kappa shape index (κ1) is 16.1. The Balaban J connectivity index is 1.49. The highest BCUT2D eigenvalue weighted by atomic mass is 16.4. The van der Waals surface area contributed by atoms with Gasteiger partial charge in [0.25, 0.3) is 5.89 Å². The Morgan fingerprint density at radius 3 is 2.84 bits per heavy atom. The molecule has 0 radical (unpaired) electrons. The lowest BCUT2D eigenvalue weighted by molar-refractivity contribution is 0.215. The third-order valence-electron chi connectivity index (χ3n) is 4.82. The monoisotopic (exact) mass is 341 g/mol. The molecular formula is C18H23N5O2. The second-order valence-corrected chi connectivity index (χ2v) is 6.65. The van der Waals surface area contributed by atoms with Crippen molar-refractivity contribution < 1.29 is 8.83 Å². The summed E-state index contributed by atoms with van der Waals surface area (Å²) in [6.07, 6.45) is 3.99. The summed E-state index contributed by atoms with van der Waals surface area (Å²) < 4.78 is 13.2. The predicted octanol–water partition coefficient (Wildman–Crippen LogP) is 3.12. The van der Waals surface area contributed by atoms with Crippen molar-refractivity contribution in [3.63, 3.8) is 0 Å². The SMILES string of the molecule is Cc1nc(C)n(CC2CCCN2Cc2nc(-c3ccco3)oc2C)n1. The van der Waals surface area contributed by atoms with Gasteiger partial charge in [0, 0.05) is 12.6 Å². The molecule has 0 saturated carbocycles. The van der Waals surface area contributed by atoms with Gasteiger partial charge in [0.1, 0.15) is 17.4 Å². The molecule has 4 heterocycles. The van der Waals surface area contributed by atoms with Crippen LogP contribution in [-0.4, -0.2) is 37.2 Å². The van der Waals surface area contributed by atoms with Crippen molar-refractivity contribution in [2.75, 3.05) is 6.54 Å². The average molecular weight is 341 g/mol. The van der Waals surface area contributed by atoms with Crippen LogP contribution in [0.1, 0.15) is 35.9 Å². The molecule has 1 aliphatic rings. The number of nitrogens with zero attached hydrogens (tertiary/aromatic N) is 5. The molecule has 1 atom stereocenters. The Bertz CT molecular complexity index is 849. The number of hydrogen-bond acceptors (Lipinski definition) is 6. The van der Waals surface area contributed by atoms with Crippen molar-refractivity contribution in [2.45, 2.75) is 52.7 Å². The molecule has 1 fully saturated rings. The van der Waals surface area contributed by atoms with Gasteiger partial charge >= 0.3 is 0 Å². The Hall–Kier alpha value is -2.41. The van der Waals surface area contributed by atoms with Gasteiger partial charge in [-0.2, -0.15) is 5.10 Å². The summed E-state index contributed by atoms with van der Waals surface area (Å²) in [6.45, 7) is 8.63. The zero-order valence-corrected chi connectivity index (χ0v) is 14.9. The predicted molar refractivity (Wildman–Crippen MR) is 91.9 cm³/mol. The maximum Gasteiger partial charge on any atom is 0.263 e. The zero-order chi connectivity index (χ0) is 17.4. The Morgan fingerprint density at radius 1 is 1.24 bits per heavy atom. The van der Waals surface area contributed by atoms with Crippen LogP contribution < -0.4 is 0 Å². The summed E-state index contributed by atoms with van der Waals surface area (Å²) in [4.78, 5) is 11.5. The Labute approximate surface area is 146 Å². The van der Waals surface area contributed by atoms with E-state index >= 15 is 0 Å². The molecule has 7 heteroatoms. The molecule has 3 aromatic heterocycles. The molecule has 1 aliphatic heterocycles. The van der Waals surface area contributed by atoms with Crippen molar-refractivity contribution in [1.82, 2.24) is 24.6 Å². The lowest BCUT2D eigenvalue weighted by atomic mass is 10.2. The fourth-order valence-electron chi connectivity index (χ4n) is 3.52. The molecule has 1 saturated heterocycles. The van der Waals surface area contributed by atoms with Gasteiger partial charge in [-0.05, 0) is 52.3 Å². The number of oxazole rings is 1. The number of furan rings is 1. The second-order valence-electron chi connectivity index (χ2n) is 6.65. The molecule has 0 amide bonds. The van der Waals surface area contributed by atoms with Crippen molar-refractivity contribution >= 4 is 0 Å². The van der Waals surface area contributed by atoms with Crippen molar-refractivity contribution in [2.24, 2.45) is 0 Å². The van der Waals surface area contributed by atoms with Gasteiger partial charge < -0.3 is 8.83 Å². The van der Waals surface area contributed by atoms with Gasteiger partial charge in [-0.25, -0.2) is 14.6 Å². The van der Waals surface area contributed by atoms with Crippen LogP contribution in [-0.2, 0) is 13.1 Å². The van der Waals surface area contributed by atoms with E-state index in [1.54, 1.807) is 6.26 Å². The fraction of sp³-hybridized carbons (Fsp3) is 0.500.